The van der Waals surface area contributed by atoms with E-state index in [4.69, 9.17) is 4.74 Å². The topological polar surface area (TPSA) is 92.8 Å². The molecule has 1 aliphatic heterocycles. The lowest BCUT2D eigenvalue weighted by atomic mass is 9.62. The van der Waals surface area contributed by atoms with Crippen molar-refractivity contribution >= 4 is 40.0 Å². The summed E-state index contributed by atoms with van der Waals surface area (Å²) in [4.78, 5) is 53.2. The second-order valence-electron chi connectivity index (χ2n) is 9.86. The first-order valence-corrected chi connectivity index (χ1v) is 12.4. The minimum atomic E-state index is -0.677. The summed E-state index contributed by atoms with van der Waals surface area (Å²) in [7, 11) is 0. The summed E-state index contributed by atoms with van der Waals surface area (Å²) >= 11 is 1.21. The third-order valence-electron chi connectivity index (χ3n) is 7.70. The number of rotatable bonds is 6. The van der Waals surface area contributed by atoms with Crippen molar-refractivity contribution in [2.75, 3.05) is 18.5 Å². The number of benzene rings is 1. The Labute approximate surface area is 203 Å². The fraction of sp³-hybridized carbons (Fsp3) is 0.462. The quantitative estimate of drug-likeness (QED) is 0.478. The number of hydrogen-bond acceptors (Lipinski definition) is 6. The van der Waals surface area contributed by atoms with Gasteiger partial charge in [-0.3, -0.25) is 19.3 Å². The molecule has 2 atom stereocenters. The number of fused-ring (bicyclic) bond motifs is 2. The number of ether oxygens (including phenoxy) is 1. The average molecular weight is 483 g/mol. The molecule has 2 unspecified atom stereocenters. The van der Waals surface area contributed by atoms with Crippen LogP contribution in [0.4, 0.5) is 5.00 Å². The van der Waals surface area contributed by atoms with E-state index in [0.29, 0.717) is 23.4 Å². The highest BCUT2D eigenvalue weighted by Crippen LogP contribution is 2.60. The van der Waals surface area contributed by atoms with Crippen LogP contribution in [-0.2, 0) is 19.1 Å². The van der Waals surface area contributed by atoms with Crippen molar-refractivity contribution in [3.63, 3.8) is 0 Å². The second-order valence-corrected chi connectivity index (χ2v) is 10.7. The molecular weight excluding hydrogens is 452 g/mol. The van der Waals surface area contributed by atoms with Gasteiger partial charge in [0.25, 0.3) is 0 Å². The largest absolute Gasteiger partial charge is 0.462 e. The van der Waals surface area contributed by atoms with Crippen molar-refractivity contribution in [1.29, 1.82) is 0 Å². The molecule has 2 bridgehead atoms. The van der Waals surface area contributed by atoms with E-state index in [9.17, 15) is 19.2 Å². The van der Waals surface area contributed by atoms with Gasteiger partial charge in [-0.15, -0.1) is 11.3 Å². The molecule has 1 N–H and O–H groups in total. The molecule has 0 radical (unpaired) electrons. The number of piperidine rings is 1. The van der Waals surface area contributed by atoms with Crippen LogP contribution in [0.3, 0.4) is 0 Å². The van der Waals surface area contributed by atoms with Crippen LogP contribution in [0.15, 0.2) is 29.6 Å². The lowest BCUT2D eigenvalue weighted by Crippen LogP contribution is -2.60. The molecule has 7 nitrogen and oxygen atoms in total. The van der Waals surface area contributed by atoms with Crippen LogP contribution in [0.2, 0.25) is 0 Å². The Morgan fingerprint density at radius 2 is 1.85 bits per heavy atom. The first kappa shape index (κ1) is 24.1. The van der Waals surface area contributed by atoms with Crippen molar-refractivity contribution in [3.05, 3.63) is 40.8 Å². The third-order valence-corrected chi connectivity index (χ3v) is 8.59. The van der Waals surface area contributed by atoms with E-state index in [1.807, 2.05) is 52.0 Å². The molecule has 0 spiro atoms. The van der Waals surface area contributed by atoms with Crippen molar-refractivity contribution in [2.24, 2.45) is 16.7 Å². The minimum absolute atomic E-state index is 0.196. The van der Waals surface area contributed by atoms with E-state index >= 15 is 0 Å². The van der Waals surface area contributed by atoms with Crippen LogP contribution < -0.4 is 5.32 Å². The molecule has 2 heterocycles. The SMILES string of the molecule is CCOC(=O)c1c(-c2ccc(C)cc2)csc1NC(=O)CN1C(=O)C2CCC(C)(C1=O)C2(C)C. The number of nitrogens with zero attached hydrogens (tertiary/aromatic N) is 1. The zero-order chi connectivity index (χ0) is 24.8. The van der Waals surface area contributed by atoms with Gasteiger partial charge in [0.15, 0.2) is 0 Å². The Morgan fingerprint density at radius 1 is 1.18 bits per heavy atom. The predicted octanol–water partition coefficient (Wildman–Crippen LogP) is 4.65. The van der Waals surface area contributed by atoms with Crippen molar-refractivity contribution in [2.45, 2.75) is 47.5 Å². The zero-order valence-electron chi connectivity index (χ0n) is 20.2. The smallest absolute Gasteiger partial charge is 0.341 e. The molecule has 2 fully saturated rings. The molecule has 1 saturated carbocycles. The monoisotopic (exact) mass is 482 g/mol. The average Bonchev–Trinajstić information content (AvgIpc) is 3.27. The summed E-state index contributed by atoms with van der Waals surface area (Å²) in [6, 6.07) is 7.72. The molecule has 8 heteroatoms. The van der Waals surface area contributed by atoms with Crippen LogP contribution in [0.1, 0.15) is 56.5 Å². The van der Waals surface area contributed by atoms with Crippen LogP contribution in [0, 0.1) is 23.7 Å². The number of amides is 3. The van der Waals surface area contributed by atoms with E-state index in [-0.39, 0.29) is 36.4 Å². The van der Waals surface area contributed by atoms with Gasteiger partial charge in [-0.05, 0) is 37.7 Å². The van der Waals surface area contributed by atoms with Gasteiger partial charge in [0.1, 0.15) is 17.1 Å². The highest BCUT2D eigenvalue weighted by molar-refractivity contribution is 7.15. The van der Waals surface area contributed by atoms with Gasteiger partial charge in [-0.1, -0.05) is 50.6 Å². The highest BCUT2D eigenvalue weighted by atomic mass is 32.1. The number of thiophene rings is 1. The van der Waals surface area contributed by atoms with E-state index in [1.165, 1.54) is 11.3 Å². The van der Waals surface area contributed by atoms with Gasteiger partial charge < -0.3 is 10.1 Å². The molecular formula is C26H30N2O5S. The summed E-state index contributed by atoms with van der Waals surface area (Å²) in [5.74, 6) is -1.94. The fourth-order valence-corrected chi connectivity index (χ4v) is 6.14. The molecule has 1 aliphatic carbocycles. The normalized spacial score (nSPS) is 23.2. The molecule has 34 heavy (non-hydrogen) atoms. The number of hydrogen-bond donors (Lipinski definition) is 1. The number of nitrogens with one attached hydrogen (secondary N) is 1. The summed E-state index contributed by atoms with van der Waals surface area (Å²) in [5, 5.41) is 4.89. The Morgan fingerprint density at radius 3 is 2.50 bits per heavy atom. The standard InChI is InChI=1S/C26H30N2O5S/c1-6-33-23(31)20-17(16-9-7-15(2)8-10-16)14-34-21(20)27-19(29)13-28-22(30)18-11-12-26(5,24(28)32)25(18,3)4/h7-10,14,18H,6,11-13H2,1-5H3,(H,27,29). The molecule has 2 aliphatic rings. The molecule has 1 aromatic carbocycles. The maximum Gasteiger partial charge on any atom is 0.341 e. The van der Waals surface area contributed by atoms with Gasteiger partial charge in [0.05, 0.1) is 12.0 Å². The van der Waals surface area contributed by atoms with E-state index < -0.39 is 22.7 Å². The number of carbonyl (C=O) groups is 4. The highest BCUT2D eigenvalue weighted by Gasteiger charge is 2.64. The van der Waals surface area contributed by atoms with Crippen LogP contribution >= 0.6 is 11.3 Å². The van der Waals surface area contributed by atoms with E-state index in [1.54, 1.807) is 12.3 Å². The molecule has 2 aromatic rings. The first-order valence-electron chi connectivity index (χ1n) is 11.5. The summed E-state index contributed by atoms with van der Waals surface area (Å²) in [6.07, 6.45) is 1.27. The molecule has 4 rings (SSSR count). The van der Waals surface area contributed by atoms with Gasteiger partial charge >= 0.3 is 5.97 Å². The maximum absolute atomic E-state index is 13.2. The summed E-state index contributed by atoms with van der Waals surface area (Å²) < 4.78 is 5.25. The van der Waals surface area contributed by atoms with Gasteiger partial charge in [0, 0.05) is 16.9 Å². The van der Waals surface area contributed by atoms with Gasteiger partial charge in [0.2, 0.25) is 17.7 Å². The Kier molecular flexibility index (Phi) is 6.14. The number of carbonyl (C=O) groups excluding carboxylic acids is 4. The van der Waals surface area contributed by atoms with E-state index in [2.05, 4.69) is 5.32 Å². The van der Waals surface area contributed by atoms with Crippen LogP contribution in [-0.4, -0.2) is 41.7 Å². The predicted molar refractivity (Wildman–Crippen MR) is 130 cm³/mol. The molecule has 180 valence electrons. The summed E-state index contributed by atoms with van der Waals surface area (Å²) in [5.41, 5.74) is 1.74. The number of aryl methyl sites for hydroxylation is 1. The lowest BCUT2D eigenvalue weighted by Gasteiger charge is -2.47. The summed E-state index contributed by atoms with van der Waals surface area (Å²) in [6.45, 7) is 9.33. The zero-order valence-corrected chi connectivity index (χ0v) is 21.0. The van der Waals surface area contributed by atoms with Gasteiger partial charge in [-0.25, -0.2) is 4.79 Å². The lowest BCUT2D eigenvalue weighted by molar-refractivity contribution is -0.168. The molecule has 1 saturated heterocycles. The molecule has 1 aromatic heterocycles. The third kappa shape index (κ3) is 3.74. The Hall–Kier alpha value is -3.00. The van der Waals surface area contributed by atoms with E-state index in [0.717, 1.165) is 16.0 Å². The Balaban J connectivity index is 1.59. The number of anilines is 1. The van der Waals surface area contributed by atoms with Crippen molar-refractivity contribution in [3.8, 4) is 11.1 Å². The van der Waals surface area contributed by atoms with Crippen LogP contribution in [0.5, 0.6) is 0 Å². The molecule has 3 amide bonds. The first-order chi connectivity index (χ1) is 16.0. The second kappa shape index (κ2) is 8.65. The van der Waals surface area contributed by atoms with Gasteiger partial charge in [-0.2, -0.15) is 0 Å². The van der Waals surface area contributed by atoms with Crippen molar-refractivity contribution in [1.82, 2.24) is 4.90 Å². The fourth-order valence-electron chi connectivity index (χ4n) is 5.16. The number of likely N-dealkylation sites (tertiary alicyclic amines) is 1. The number of imide groups is 1. The number of esters is 1. The Bertz CT molecular complexity index is 1170. The van der Waals surface area contributed by atoms with Crippen LogP contribution in [0.25, 0.3) is 11.1 Å². The minimum Gasteiger partial charge on any atom is -0.462 e. The van der Waals surface area contributed by atoms with Crippen molar-refractivity contribution < 1.29 is 23.9 Å². The maximum atomic E-state index is 13.2.